The average Bonchev–Trinajstić information content (AvgIpc) is 2.71. The number of hydrogen-bond donors (Lipinski definition) is 2. The fourth-order valence-electron chi connectivity index (χ4n) is 2.91. The molecule has 0 aliphatic heterocycles. The molecule has 0 saturated heterocycles. The largest absolute Gasteiger partial charge is 0.496 e. The Labute approximate surface area is 158 Å². The van der Waals surface area contributed by atoms with Gasteiger partial charge in [0.2, 0.25) is 0 Å². The Morgan fingerprint density at radius 3 is 2.26 bits per heavy atom. The summed E-state index contributed by atoms with van der Waals surface area (Å²) in [5.74, 6) is 1.75. The maximum absolute atomic E-state index is 12.4. The highest BCUT2D eigenvalue weighted by atomic mass is 16.5. The number of rotatable bonds is 6. The summed E-state index contributed by atoms with van der Waals surface area (Å²) in [6.07, 6.45) is 0. The Morgan fingerprint density at radius 1 is 0.852 bits per heavy atom. The van der Waals surface area contributed by atoms with Gasteiger partial charge in [-0.3, -0.25) is 0 Å². The van der Waals surface area contributed by atoms with E-state index in [1.54, 1.807) is 33.5 Å². The minimum Gasteiger partial charge on any atom is -0.496 e. The fraction of sp³-hybridized carbons (Fsp3) is 0.190. The highest BCUT2D eigenvalue weighted by Crippen LogP contribution is 2.34. The third kappa shape index (κ3) is 4.06. The Balaban J connectivity index is 1.74. The van der Waals surface area contributed by atoms with Gasteiger partial charge in [0.15, 0.2) is 11.5 Å². The lowest BCUT2D eigenvalue weighted by molar-refractivity contribution is 0.251. The lowest BCUT2D eigenvalue weighted by Gasteiger charge is -2.15. The molecule has 0 aliphatic carbocycles. The number of carbonyl (C=O) groups is 1. The molecule has 2 N–H and O–H groups in total. The summed E-state index contributed by atoms with van der Waals surface area (Å²) in [5, 5.41) is 7.80. The van der Waals surface area contributed by atoms with Crippen molar-refractivity contribution in [2.24, 2.45) is 0 Å². The molecule has 0 bridgehead atoms. The van der Waals surface area contributed by atoms with Gasteiger partial charge in [-0.05, 0) is 17.5 Å². The molecular formula is C21H22N2O4. The van der Waals surface area contributed by atoms with Crippen molar-refractivity contribution < 1.29 is 19.0 Å². The predicted molar refractivity (Wildman–Crippen MR) is 106 cm³/mol. The first-order chi connectivity index (χ1) is 13.2. The zero-order valence-corrected chi connectivity index (χ0v) is 15.5. The van der Waals surface area contributed by atoms with E-state index in [1.165, 1.54) is 0 Å². The van der Waals surface area contributed by atoms with Crippen LogP contribution in [-0.4, -0.2) is 27.4 Å². The minimum atomic E-state index is -0.303. The Hall–Kier alpha value is -3.41. The number of ether oxygens (including phenoxy) is 3. The first-order valence-corrected chi connectivity index (χ1v) is 8.47. The maximum atomic E-state index is 12.4. The molecule has 0 aromatic heterocycles. The highest BCUT2D eigenvalue weighted by Gasteiger charge is 2.13. The van der Waals surface area contributed by atoms with Gasteiger partial charge in [-0.15, -0.1) is 0 Å². The number of hydrogen-bond acceptors (Lipinski definition) is 4. The zero-order valence-electron chi connectivity index (χ0n) is 15.5. The molecule has 140 valence electrons. The van der Waals surface area contributed by atoms with Crippen LogP contribution in [0.1, 0.15) is 5.56 Å². The quantitative estimate of drug-likeness (QED) is 0.686. The van der Waals surface area contributed by atoms with Crippen molar-refractivity contribution in [3.05, 3.63) is 60.2 Å². The van der Waals surface area contributed by atoms with Crippen LogP contribution in [0.3, 0.4) is 0 Å². The second-order valence-corrected chi connectivity index (χ2v) is 5.85. The van der Waals surface area contributed by atoms with Gasteiger partial charge in [-0.2, -0.15) is 0 Å². The Kier molecular flexibility index (Phi) is 5.66. The lowest BCUT2D eigenvalue weighted by Crippen LogP contribution is -2.28. The van der Waals surface area contributed by atoms with Crippen molar-refractivity contribution in [2.75, 3.05) is 26.6 Å². The third-order valence-electron chi connectivity index (χ3n) is 4.26. The smallest absolute Gasteiger partial charge is 0.319 e. The monoisotopic (exact) mass is 366 g/mol. The van der Waals surface area contributed by atoms with Crippen LogP contribution >= 0.6 is 0 Å². The molecule has 0 unspecified atom stereocenters. The molecule has 6 nitrogen and oxygen atoms in total. The van der Waals surface area contributed by atoms with E-state index in [9.17, 15) is 4.79 Å². The molecule has 6 heteroatoms. The van der Waals surface area contributed by atoms with Crippen LogP contribution < -0.4 is 24.8 Å². The summed E-state index contributed by atoms with van der Waals surface area (Å²) in [7, 11) is 4.70. The summed E-state index contributed by atoms with van der Waals surface area (Å²) >= 11 is 0. The van der Waals surface area contributed by atoms with Crippen molar-refractivity contribution in [1.29, 1.82) is 0 Å². The van der Waals surface area contributed by atoms with Gasteiger partial charge < -0.3 is 24.8 Å². The molecule has 3 aromatic rings. The average molecular weight is 366 g/mol. The molecule has 27 heavy (non-hydrogen) atoms. The summed E-state index contributed by atoms with van der Waals surface area (Å²) in [6, 6.07) is 16.9. The summed E-state index contributed by atoms with van der Waals surface area (Å²) in [5.41, 5.74) is 1.54. The van der Waals surface area contributed by atoms with E-state index in [0.717, 1.165) is 22.0 Å². The molecule has 2 amide bonds. The van der Waals surface area contributed by atoms with Gasteiger partial charge in [0.05, 0.1) is 27.0 Å². The second-order valence-electron chi connectivity index (χ2n) is 5.85. The number of urea groups is 1. The minimum absolute atomic E-state index is 0.278. The van der Waals surface area contributed by atoms with Crippen LogP contribution in [0, 0.1) is 0 Å². The first kappa shape index (κ1) is 18.4. The van der Waals surface area contributed by atoms with E-state index in [0.29, 0.717) is 17.2 Å². The molecule has 0 atom stereocenters. The van der Waals surface area contributed by atoms with Crippen LogP contribution in [0.15, 0.2) is 54.6 Å². The molecule has 0 spiro atoms. The molecule has 0 heterocycles. The van der Waals surface area contributed by atoms with Crippen LogP contribution in [0.25, 0.3) is 10.8 Å². The van der Waals surface area contributed by atoms with E-state index >= 15 is 0 Å². The van der Waals surface area contributed by atoms with E-state index in [1.807, 2.05) is 42.5 Å². The van der Waals surface area contributed by atoms with Crippen LogP contribution in [0.5, 0.6) is 17.2 Å². The summed E-state index contributed by atoms with van der Waals surface area (Å²) in [6.45, 7) is 0.278. The second kappa shape index (κ2) is 8.31. The number of benzene rings is 3. The molecular weight excluding hydrogens is 344 g/mol. The van der Waals surface area contributed by atoms with E-state index in [-0.39, 0.29) is 12.6 Å². The fourth-order valence-corrected chi connectivity index (χ4v) is 2.91. The number of methoxy groups -OCH3 is 3. The zero-order chi connectivity index (χ0) is 19.2. The third-order valence-corrected chi connectivity index (χ3v) is 4.26. The van der Waals surface area contributed by atoms with E-state index in [4.69, 9.17) is 14.2 Å². The number of anilines is 1. The number of fused-ring (bicyclic) bond motifs is 1. The summed E-state index contributed by atoms with van der Waals surface area (Å²) in [4.78, 5) is 12.4. The topological polar surface area (TPSA) is 68.8 Å². The molecule has 0 aliphatic rings. The number of amides is 2. The maximum Gasteiger partial charge on any atom is 0.319 e. The van der Waals surface area contributed by atoms with Gasteiger partial charge >= 0.3 is 6.03 Å². The van der Waals surface area contributed by atoms with Crippen molar-refractivity contribution in [2.45, 2.75) is 6.54 Å². The van der Waals surface area contributed by atoms with Crippen molar-refractivity contribution >= 4 is 22.5 Å². The van der Waals surface area contributed by atoms with Crippen LogP contribution in [-0.2, 0) is 6.54 Å². The van der Waals surface area contributed by atoms with Gasteiger partial charge in [0.25, 0.3) is 0 Å². The molecule has 0 radical (unpaired) electrons. The molecule has 0 fully saturated rings. The Bertz CT molecular complexity index is 951. The molecule has 0 saturated carbocycles. The van der Waals surface area contributed by atoms with Crippen molar-refractivity contribution in [1.82, 2.24) is 5.32 Å². The molecule has 3 aromatic carbocycles. The van der Waals surface area contributed by atoms with Crippen LogP contribution in [0.4, 0.5) is 10.5 Å². The van der Waals surface area contributed by atoms with E-state index < -0.39 is 0 Å². The highest BCUT2D eigenvalue weighted by molar-refractivity contribution is 6.01. The number of carbonyl (C=O) groups excluding carboxylic acids is 1. The van der Waals surface area contributed by atoms with Crippen molar-refractivity contribution in [3.63, 3.8) is 0 Å². The van der Waals surface area contributed by atoms with Crippen molar-refractivity contribution in [3.8, 4) is 17.2 Å². The standard InChI is InChI=1S/C21H22N2O4/c1-25-18-12-20(27-3)19(26-2)11-15(18)13-22-21(24)23-17-10-6-8-14-7-4-5-9-16(14)17/h4-12H,13H2,1-3H3,(H2,22,23,24). The van der Waals surface area contributed by atoms with Gasteiger partial charge in [0.1, 0.15) is 5.75 Å². The molecule has 3 rings (SSSR count). The van der Waals surface area contributed by atoms with E-state index in [2.05, 4.69) is 10.6 Å². The van der Waals surface area contributed by atoms with Gasteiger partial charge in [0, 0.05) is 23.6 Å². The first-order valence-electron chi connectivity index (χ1n) is 8.47. The normalized spacial score (nSPS) is 10.3. The predicted octanol–water partition coefficient (Wildman–Crippen LogP) is 4.19. The summed E-state index contributed by atoms with van der Waals surface area (Å²) < 4.78 is 16.0. The Morgan fingerprint density at radius 2 is 1.52 bits per heavy atom. The SMILES string of the molecule is COc1cc(OC)c(OC)cc1CNC(=O)Nc1cccc2ccccc12. The van der Waals surface area contributed by atoms with Gasteiger partial charge in [-0.1, -0.05) is 36.4 Å². The van der Waals surface area contributed by atoms with Crippen LogP contribution in [0.2, 0.25) is 0 Å². The lowest BCUT2D eigenvalue weighted by atomic mass is 10.1. The number of nitrogens with one attached hydrogen (secondary N) is 2. The van der Waals surface area contributed by atoms with Gasteiger partial charge in [-0.25, -0.2) is 4.79 Å².